The summed E-state index contributed by atoms with van der Waals surface area (Å²) in [6, 6.07) is 8.88. The monoisotopic (exact) mass is 294 g/mol. The van der Waals surface area contributed by atoms with E-state index in [4.69, 9.17) is 0 Å². The molecule has 0 atom stereocenters. The number of benzene rings is 1. The van der Waals surface area contributed by atoms with Gasteiger partial charge >= 0.3 is 0 Å². The van der Waals surface area contributed by atoms with E-state index in [-0.39, 0.29) is 5.41 Å². The Bertz CT molecular complexity index is 385. The Labute approximate surface area is 111 Å². The van der Waals surface area contributed by atoms with Crippen molar-refractivity contribution in [1.29, 1.82) is 0 Å². The average molecular weight is 295 g/mol. The Kier molecular flexibility index (Phi) is 2.83. The van der Waals surface area contributed by atoms with Crippen molar-refractivity contribution in [3.05, 3.63) is 34.3 Å². The number of hydrogen-bond acceptors (Lipinski definition) is 1. The van der Waals surface area contributed by atoms with Crippen LogP contribution in [-0.4, -0.2) is 11.7 Å². The van der Waals surface area contributed by atoms with E-state index in [0.29, 0.717) is 12.0 Å². The molecule has 4 rings (SSSR count). The molecule has 0 aliphatic heterocycles. The van der Waals surface area contributed by atoms with E-state index < -0.39 is 0 Å². The number of halogens is 1. The molecule has 3 saturated carbocycles. The van der Waals surface area contributed by atoms with Gasteiger partial charge in [0.25, 0.3) is 0 Å². The first-order valence-corrected chi connectivity index (χ1v) is 7.34. The summed E-state index contributed by atoms with van der Waals surface area (Å²) >= 11 is 3.51. The Balaban J connectivity index is 1.88. The molecule has 2 heteroatoms. The molecule has 0 aromatic heterocycles. The second-order valence-electron chi connectivity index (χ2n) is 5.95. The molecule has 0 spiro atoms. The lowest BCUT2D eigenvalue weighted by atomic mass is 9.52. The van der Waals surface area contributed by atoms with Gasteiger partial charge in [-0.2, -0.15) is 0 Å². The highest BCUT2D eigenvalue weighted by Gasteiger charge is 2.48. The van der Waals surface area contributed by atoms with Gasteiger partial charge < -0.3 is 5.11 Å². The molecule has 2 bridgehead atoms. The zero-order chi connectivity index (χ0) is 11.9. The highest BCUT2D eigenvalue weighted by Crippen LogP contribution is 2.57. The first-order chi connectivity index (χ1) is 8.18. The Morgan fingerprint density at radius 3 is 1.94 bits per heavy atom. The van der Waals surface area contributed by atoms with Gasteiger partial charge in [0.15, 0.2) is 0 Å². The van der Waals surface area contributed by atoms with E-state index in [1.165, 1.54) is 44.1 Å². The van der Waals surface area contributed by atoms with Gasteiger partial charge in [-0.25, -0.2) is 0 Å². The first kappa shape index (κ1) is 11.7. The van der Waals surface area contributed by atoms with Crippen molar-refractivity contribution < 1.29 is 5.11 Å². The molecule has 92 valence electrons. The van der Waals surface area contributed by atoms with Crippen LogP contribution in [0, 0.1) is 5.41 Å². The molecule has 0 heterocycles. The normalized spacial score (nSPS) is 36.1. The Morgan fingerprint density at radius 2 is 1.47 bits per heavy atom. The van der Waals surface area contributed by atoms with Crippen LogP contribution in [0.25, 0.3) is 0 Å². The molecular weight excluding hydrogens is 276 g/mol. The fraction of sp³-hybridized carbons (Fsp3) is 0.600. The van der Waals surface area contributed by atoms with Crippen LogP contribution in [0.5, 0.6) is 0 Å². The van der Waals surface area contributed by atoms with Crippen molar-refractivity contribution in [2.45, 2.75) is 43.9 Å². The predicted octanol–water partition coefficient (Wildman–Crippen LogP) is 4.03. The van der Waals surface area contributed by atoms with Gasteiger partial charge in [-0.05, 0) is 67.1 Å². The SMILES string of the molecule is OCC12CCC(c3ccc(Br)cc3)(CC1)CC2. The van der Waals surface area contributed by atoms with Crippen LogP contribution >= 0.6 is 15.9 Å². The van der Waals surface area contributed by atoms with Crippen LogP contribution in [-0.2, 0) is 5.41 Å². The summed E-state index contributed by atoms with van der Waals surface area (Å²) in [6.45, 7) is 0.392. The van der Waals surface area contributed by atoms with E-state index in [1.54, 1.807) is 0 Å². The quantitative estimate of drug-likeness (QED) is 0.873. The third-order valence-electron chi connectivity index (χ3n) is 5.19. The topological polar surface area (TPSA) is 20.2 Å². The summed E-state index contributed by atoms with van der Waals surface area (Å²) in [5.41, 5.74) is 2.20. The van der Waals surface area contributed by atoms with Crippen LogP contribution in [0.4, 0.5) is 0 Å². The molecule has 0 radical (unpaired) electrons. The van der Waals surface area contributed by atoms with E-state index >= 15 is 0 Å². The zero-order valence-corrected chi connectivity index (χ0v) is 11.7. The minimum atomic E-state index is 0.275. The number of fused-ring (bicyclic) bond motifs is 3. The lowest BCUT2D eigenvalue weighted by Gasteiger charge is -2.53. The zero-order valence-electron chi connectivity index (χ0n) is 10.1. The fourth-order valence-electron chi connectivity index (χ4n) is 3.74. The van der Waals surface area contributed by atoms with Crippen LogP contribution in [0.15, 0.2) is 28.7 Å². The first-order valence-electron chi connectivity index (χ1n) is 6.55. The maximum atomic E-state index is 9.55. The summed E-state index contributed by atoms with van der Waals surface area (Å²) < 4.78 is 1.16. The maximum absolute atomic E-state index is 9.55. The number of rotatable bonds is 2. The highest BCUT2D eigenvalue weighted by atomic mass is 79.9. The molecule has 3 fully saturated rings. The maximum Gasteiger partial charge on any atom is 0.0487 e. The smallest absolute Gasteiger partial charge is 0.0487 e. The van der Waals surface area contributed by atoms with Crippen LogP contribution in [0.1, 0.15) is 44.1 Å². The Morgan fingerprint density at radius 1 is 0.941 bits per heavy atom. The molecule has 1 N–H and O–H groups in total. The number of aliphatic hydroxyl groups is 1. The van der Waals surface area contributed by atoms with Crippen molar-refractivity contribution in [3.8, 4) is 0 Å². The van der Waals surface area contributed by atoms with Crippen LogP contribution in [0.3, 0.4) is 0 Å². The van der Waals surface area contributed by atoms with Gasteiger partial charge in [0, 0.05) is 11.1 Å². The van der Waals surface area contributed by atoms with Crippen molar-refractivity contribution in [3.63, 3.8) is 0 Å². The molecular formula is C15H19BrO. The van der Waals surface area contributed by atoms with Gasteiger partial charge in [-0.3, -0.25) is 0 Å². The van der Waals surface area contributed by atoms with Gasteiger partial charge in [-0.1, -0.05) is 28.1 Å². The molecule has 0 amide bonds. The largest absolute Gasteiger partial charge is 0.396 e. The van der Waals surface area contributed by atoms with Crippen LogP contribution in [0.2, 0.25) is 0 Å². The molecule has 0 saturated heterocycles. The summed E-state index contributed by atoms with van der Waals surface area (Å²) in [5.74, 6) is 0. The second-order valence-corrected chi connectivity index (χ2v) is 6.86. The summed E-state index contributed by atoms with van der Waals surface area (Å²) in [5, 5.41) is 9.55. The average Bonchev–Trinajstić information content (AvgIpc) is 2.41. The third-order valence-corrected chi connectivity index (χ3v) is 5.72. The van der Waals surface area contributed by atoms with Gasteiger partial charge in [0.2, 0.25) is 0 Å². The molecule has 1 aromatic rings. The van der Waals surface area contributed by atoms with Gasteiger partial charge in [0.1, 0.15) is 0 Å². The molecule has 3 aliphatic rings. The predicted molar refractivity (Wildman–Crippen MR) is 73.0 cm³/mol. The second kappa shape index (κ2) is 4.10. The van der Waals surface area contributed by atoms with Crippen molar-refractivity contribution in [1.82, 2.24) is 0 Å². The van der Waals surface area contributed by atoms with Crippen molar-refractivity contribution in [2.75, 3.05) is 6.61 Å². The lowest BCUT2D eigenvalue weighted by Crippen LogP contribution is -2.45. The molecule has 1 aromatic carbocycles. The van der Waals surface area contributed by atoms with E-state index in [1.807, 2.05) is 0 Å². The summed E-state index contributed by atoms with van der Waals surface area (Å²) in [7, 11) is 0. The third kappa shape index (κ3) is 1.86. The van der Waals surface area contributed by atoms with E-state index in [0.717, 1.165) is 4.47 Å². The van der Waals surface area contributed by atoms with Crippen LogP contribution < -0.4 is 0 Å². The minimum Gasteiger partial charge on any atom is -0.396 e. The summed E-state index contributed by atoms with van der Waals surface area (Å²) in [4.78, 5) is 0. The standard InChI is InChI=1S/C15H19BrO/c16-13-3-1-12(2-4-13)15-8-5-14(11-17,6-9-15)7-10-15/h1-4,17H,5-11H2. The molecule has 17 heavy (non-hydrogen) atoms. The molecule has 3 aliphatic carbocycles. The van der Waals surface area contributed by atoms with Crippen molar-refractivity contribution in [2.24, 2.45) is 5.41 Å². The van der Waals surface area contributed by atoms with E-state index in [9.17, 15) is 5.11 Å². The Hall–Kier alpha value is -0.340. The number of aliphatic hydroxyl groups excluding tert-OH is 1. The van der Waals surface area contributed by atoms with Crippen molar-refractivity contribution >= 4 is 15.9 Å². The molecule has 0 unspecified atom stereocenters. The minimum absolute atomic E-state index is 0.275. The van der Waals surface area contributed by atoms with E-state index in [2.05, 4.69) is 40.2 Å². The molecule has 1 nitrogen and oxygen atoms in total. The van der Waals surface area contributed by atoms with Gasteiger partial charge in [0.05, 0.1) is 0 Å². The number of hydrogen-bond donors (Lipinski definition) is 1. The summed E-state index contributed by atoms with van der Waals surface area (Å²) in [6.07, 6.45) is 7.40. The highest BCUT2D eigenvalue weighted by molar-refractivity contribution is 9.10. The van der Waals surface area contributed by atoms with Gasteiger partial charge in [-0.15, -0.1) is 0 Å². The fourth-order valence-corrected chi connectivity index (χ4v) is 4.00. The lowest BCUT2D eigenvalue weighted by molar-refractivity contribution is -0.00688.